The Morgan fingerprint density at radius 3 is 2.57 bits per heavy atom. The van der Waals surface area contributed by atoms with Crippen molar-refractivity contribution in [1.82, 2.24) is 10.4 Å². The van der Waals surface area contributed by atoms with Crippen LogP contribution in [0.25, 0.3) is 0 Å². The molecule has 2 aromatic carbocycles. The molecular weight excluding hydrogens is 464 g/mol. The summed E-state index contributed by atoms with van der Waals surface area (Å²) in [5, 5.41) is 14.6. The topological polar surface area (TPSA) is 166 Å². The molecule has 13 nitrogen and oxygen atoms in total. The average molecular weight is 486 g/mol. The number of nitrogens with zero attached hydrogens (tertiary/aromatic N) is 2. The summed E-state index contributed by atoms with van der Waals surface area (Å²) in [6.07, 6.45) is -0.260. The minimum Gasteiger partial charge on any atom is -0.497 e. The molecule has 1 saturated heterocycles. The first-order chi connectivity index (χ1) is 16.7. The SMILES string of the molecule is COc1ccc(NC(=O)COC(=O)[C@@H]2CC(=O)N(NC(=O)c3ccccc3[N+](=O)[O-])C2)c(OC)c1. The molecule has 35 heavy (non-hydrogen) atoms. The Hall–Kier alpha value is -4.68. The van der Waals surface area contributed by atoms with Crippen LogP contribution >= 0.6 is 0 Å². The molecule has 13 heteroatoms. The molecule has 3 amide bonds. The number of benzene rings is 2. The van der Waals surface area contributed by atoms with Crippen LogP contribution in [-0.4, -0.2) is 61.0 Å². The Labute approximate surface area is 199 Å². The van der Waals surface area contributed by atoms with Crippen LogP contribution in [0.1, 0.15) is 16.8 Å². The minimum atomic E-state index is -0.933. The molecule has 184 valence electrons. The van der Waals surface area contributed by atoms with E-state index in [4.69, 9.17) is 14.2 Å². The summed E-state index contributed by atoms with van der Waals surface area (Å²) >= 11 is 0. The zero-order valence-electron chi connectivity index (χ0n) is 18.8. The van der Waals surface area contributed by atoms with E-state index in [1.54, 1.807) is 18.2 Å². The number of anilines is 1. The number of nitro groups is 1. The predicted octanol–water partition coefficient (Wildman–Crippen LogP) is 1.29. The lowest BCUT2D eigenvalue weighted by Gasteiger charge is -2.17. The monoisotopic (exact) mass is 486 g/mol. The summed E-state index contributed by atoms with van der Waals surface area (Å²) in [5.74, 6) is -2.95. The van der Waals surface area contributed by atoms with Crippen molar-refractivity contribution in [3.63, 3.8) is 0 Å². The van der Waals surface area contributed by atoms with Crippen LogP contribution in [0.15, 0.2) is 42.5 Å². The number of ether oxygens (including phenoxy) is 3. The van der Waals surface area contributed by atoms with Gasteiger partial charge in [-0.3, -0.25) is 39.7 Å². The molecule has 0 aliphatic carbocycles. The van der Waals surface area contributed by atoms with Crippen molar-refractivity contribution in [3.05, 3.63) is 58.1 Å². The van der Waals surface area contributed by atoms with Gasteiger partial charge >= 0.3 is 5.97 Å². The summed E-state index contributed by atoms with van der Waals surface area (Å²) in [5.41, 5.74) is 1.96. The summed E-state index contributed by atoms with van der Waals surface area (Å²) in [7, 11) is 2.90. The lowest BCUT2D eigenvalue weighted by molar-refractivity contribution is -0.385. The van der Waals surface area contributed by atoms with Gasteiger partial charge in [0.25, 0.3) is 17.5 Å². The fourth-order valence-corrected chi connectivity index (χ4v) is 3.32. The van der Waals surface area contributed by atoms with Gasteiger partial charge in [0, 0.05) is 18.6 Å². The maximum absolute atomic E-state index is 12.4. The van der Waals surface area contributed by atoms with E-state index in [0.29, 0.717) is 17.2 Å². The van der Waals surface area contributed by atoms with E-state index in [1.165, 1.54) is 32.4 Å². The number of nitro benzene ring substituents is 1. The first kappa shape index (κ1) is 25.0. The van der Waals surface area contributed by atoms with Crippen LogP contribution in [0.2, 0.25) is 0 Å². The van der Waals surface area contributed by atoms with Crippen molar-refractivity contribution < 1.29 is 38.3 Å². The Bertz CT molecular complexity index is 1170. The number of amides is 3. The summed E-state index contributed by atoms with van der Waals surface area (Å²) < 4.78 is 15.3. The normalized spacial score (nSPS) is 14.7. The Morgan fingerprint density at radius 1 is 1.14 bits per heavy atom. The first-order valence-electron chi connectivity index (χ1n) is 10.3. The molecule has 1 aliphatic heterocycles. The van der Waals surface area contributed by atoms with Crippen LogP contribution in [0.4, 0.5) is 11.4 Å². The van der Waals surface area contributed by atoms with Gasteiger partial charge in [0.2, 0.25) is 5.91 Å². The van der Waals surface area contributed by atoms with Gasteiger partial charge in [-0.1, -0.05) is 12.1 Å². The quantitative estimate of drug-likeness (QED) is 0.301. The van der Waals surface area contributed by atoms with Crippen molar-refractivity contribution in [2.24, 2.45) is 5.92 Å². The van der Waals surface area contributed by atoms with Gasteiger partial charge in [-0.2, -0.15) is 0 Å². The molecule has 0 saturated carbocycles. The van der Waals surface area contributed by atoms with E-state index in [0.717, 1.165) is 11.1 Å². The number of methoxy groups -OCH3 is 2. The molecule has 1 aliphatic rings. The Kier molecular flexibility index (Phi) is 7.81. The van der Waals surface area contributed by atoms with Crippen molar-refractivity contribution >= 4 is 35.1 Å². The molecule has 0 radical (unpaired) electrons. The van der Waals surface area contributed by atoms with Crippen LogP contribution in [0.3, 0.4) is 0 Å². The van der Waals surface area contributed by atoms with Gasteiger partial charge in [-0.25, -0.2) is 0 Å². The van der Waals surface area contributed by atoms with E-state index < -0.39 is 46.8 Å². The lowest BCUT2D eigenvalue weighted by Crippen LogP contribution is -2.43. The fraction of sp³-hybridized carbons (Fsp3) is 0.273. The number of esters is 1. The summed E-state index contributed by atoms with van der Waals surface area (Å²) in [6.45, 7) is -0.820. The number of carbonyl (C=O) groups excluding carboxylic acids is 4. The van der Waals surface area contributed by atoms with Crippen LogP contribution in [0.5, 0.6) is 11.5 Å². The highest BCUT2D eigenvalue weighted by Gasteiger charge is 2.37. The minimum absolute atomic E-state index is 0.210. The van der Waals surface area contributed by atoms with Gasteiger partial charge in [-0.15, -0.1) is 0 Å². The van der Waals surface area contributed by atoms with Gasteiger partial charge in [0.1, 0.15) is 17.1 Å². The number of hydrazine groups is 1. The van der Waals surface area contributed by atoms with E-state index in [-0.39, 0.29) is 18.5 Å². The molecular formula is C22H22N4O9. The standard InChI is InChI=1S/C22H22N4O9/c1-33-14-7-8-16(18(10-14)34-2)23-19(27)12-35-22(30)13-9-20(28)25(11-13)24-21(29)15-5-3-4-6-17(15)26(31)32/h3-8,10,13H,9,11-12H2,1-2H3,(H,23,27)(H,24,29)/t13-/m1/s1. The number of rotatable bonds is 9. The number of hydrogen-bond donors (Lipinski definition) is 2. The van der Waals surface area contributed by atoms with E-state index >= 15 is 0 Å². The highest BCUT2D eigenvalue weighted by molar-refractivity contribution is 5.99. The third-order valence-corrected chi connectivity index (χ3v) is 5.07. The fourth-order valence-electron chi connectivity index (χ4n) is 3.32. The predicted molar refractivity (Wildman–Crippen MR) is 120 cm³/mol. The van der Waals surface area contributed by atoms with E-state index in [9.17, 15) is 29.3 Å². The van der Waals surface area contributed by atoms with Crippen molar-refractivity contribution in [2.45, 2.75) is 6.42 Å². The first-order valence-corrected chi connectivity index (χ1v) is 10.3. The van der Waals surface area contributed by atoms with Crippen LogP contribution in [0, 0.1) is 16.0 Å². The van der Waals surface area contributed by atoms with Gasteiger partial charge in [0.15, 0.2) is 6.61 Å². The number of nitrogens with one attached hydrogen (secondary N) is 2. The van der Waals surface area contributed by atoms with Gasteiger partial charge in [0.05, 0.1) is 37.3 Å². The van der Waals surface area contributed by atoms with Crippen LogP contribution in [-0.2, 0) is 19.1 Å². The number of para-hydroxylation sites is 1. The molecule has 2 N–H and O–H groups in total. The van der Waals surface area contributed by atoms with Crippen molar-refractivity contribution in [3.8, 4) is 11.5 Å². The highest BCUT2D eigenvalue weighted by atomic mass is 16.6. The molecule has 1 heterocycles. The van der Waals surface area contributed by atoms with Gasteiger partial charge < -0.3 is 19.5 Å². The molecule has 0 aromatic heterocycles. The second-order valence-electron chi connectivity index (χ2n) is 7.34. The Balaban J connectivity index is 1.53. The third-order valence-electron chi connectivity index (χ3n) is 5.07. The van der Waals surface area contributed by atoms with E-state index in [2.05, 4.69) is 10.7 Å². The smallest absolute Gasteiger partial charge is 0.311 e. The zero-order chi connectivity index (χ0) is 25.5. The third kappa shape index (κ3) is 6.01. The van der Waals surface area contributed by atoms with Crippen LogP contribution < -0.4 is 20.2 Å². The Morgan fingerprint density at radius 2 is 1.89 bits per heavy atom. The maximum Gasteiger partial charge on any atom is 0.311 e. The van der Waals surface area contributed by atoms with E-state index in [1.807, 2.05) is 0 Å². The average Bonchev–Trinajstić information content (AvgIpc) is 3.22. The molecule has 0 unspecified atom stereocenters. The molecule has 0 bridgehead atoms. The second kappa shape index (κ2) is 11.0. The summed E-state index contributed by atoms with van der Waals surface area (Å²) in [6, 6.07) is 10.00. The molecule has 2 aromatic rings. The van der Waals surface area contributed by atoms with Gasteiger partial charge in [-0.05, 0) is 18.2 Å². The summed E-state index contributed by atoms with van der Waals surface area (Å²) in [4.78, 5) is 59.7. The second-order valence-corrected chi connectivity index (χ2v) is 7.34. The maximum atomic E-state index is 12.4. The van der Waals surface area contributed by atoms with Crippen molar-refractivity contribution in [2.75, 3.05) is 32.7 Å². The molecule has 3 rings (SSSR count). The largest absolute Gasteiger partial charge is 0.497 e. The molecule has 1 fully saturated rings. The lowest BCUT2D eigenvalue weighted by atomic mass is 10.1. The molecule has 1 atom stereocenters. The molecule has 0 spiro atoms. The number of hydrogen-bond acceptors (Lipinski definition) is 9. The number of carbonyl (C=O) groups is 4. The van der Waals surface area contributed by atoms with Crippen molar-refractivity contribution in [1.29, 1.82) is 0 Å². The zero-order valence-corrected chi connectivity index (χ0v) is 18.8. The highest BCUT2D eigenvalue weighted by Crippen LogP contribution is 2.29.